The third kappa shape index (κ3) is 4.84. The fraction of sp³-hybridized carbons (Fsp3) is 0.526. The molecule has 140 valence electrons. The van der Waals surface area contributed by atoms with Gasteiger partial charge in [0.15, 0.2) is 5.82 Å². The molecule has 0 radical (unpaired) electrons. The van der Waals surface area contributed by atoms with Crippen LogP contribution in [0.2, 0.25) is 0 Å². The number of likely N-dealkylation sites (N-methyl/N-ethyl adjacent to an activating group) is 1. The van der Waals surface area contributed by atoms with E-state index in [-0.39, 0.29) is 6.03 Å². The van der Waals surface area contributed by atoms with E-state index in [1.165, 1.54) is 19.3 Å². The Morgan fingerprint density at radius 2 is 2.12 bits per heavy atom. The van der Waals surface area contributed by atoms with E-state index < -0.39 is 0 Å². The molecule has 0 aliphatic heterocycles. The van der Waals surface area contributed by atoms with Gasteiger partial charge in [-0.15, -0.1) is 0 Å². The van der Waals surface area contributed by atoms with Crippen molar-refractivity contribution in [2.24, 2.45) is 0 Å². The third-order valence-electron chi connectivity index (χ3n) is 4.86. The fourth-order valence-electron chi connectivity index (χ4n) is 3.19. The Morgan fingerprint density at radius 3 is 2.85 bits per heavy atom. The summed E-state index contributed by atoms with van der Waals surface area (Å²) in [5, 5.41) is 6.98. The number of aryl methyl sites for hydroxylation is 1. The van der Waals surface area contributed by atoms with E-state index in [4.69, 9.17) is 4.52 Å². The lowest BCUT2D eigenvalue weighted by atomic mass is 9.89. The summed E-state index contributed by atoms with van der Waals surface area (Å²) in [7, 11) is 1.77. The van der Waals surface area contributed by atoms with Crippen molar-refractivity contribution in [1.82, 2.24) is 15.0 Å². The van der Waals surface area contributed by atoms with Crippen molar-refractivity contribution >= 4 is 27.6 Å². The van der Waals surface area contributed by atoms with Crippen LogP contribution in [0.25, 0.3) is 0 Å². The normalized spacial score (nSPS) is 15.0. The van der Waals surface area contributed by atoms with Crippen LogP contribution < -0.4 is 5.32 Å². The van der Waals surface area contributed by atoms with Gasteiger partial charge in [0.05, 0.1) is 0 Å². The van der Waals surface area contributed by atoms with Gasteiger partial charge in [0.1, 0.15) is 0 Å². The summed E-state index contributed by atoms with van der Waals surface area (Å²) in [5.41, 5.74) is 1.86. The van der Waals surface area contributed by atoms with E-state index in [1.54, 1.807) is 11.9 Å². The predicted molar refractivity (Wildman–Crippen MR) is 104 cm³/mol. The molecule has 1 fully saturated rings. The highest BCUT2D eigenvalue weighted by atomic mass is 79.9. The summed E-state index contributed by atoms with van der Waals surface area (Å²) in [4.78, 5) is 18.5. The molecule has 3 rings (SSSR count). The molecule has 2 amide bonds. The van der Waals surface area contributed by atoms with Crippen molar-refractivity contribution in [3.63, 3.8) is 0 Å². The van der Waals surface area contributed by atoms with Gasteiger partial charge in [0.2, 0.25) is 5.89 Å². The van der Waals surface area contributed by atoms with Crippen LogP contribution in [-0.2, 0) is 6.42 Å². The zero-order valence-electron chi connectivity index (χ0n) is 15.3. The fourth-order valence-corrected chi connectivity index (χ4v) is 3.44. The minimum absolute atomic E-state index is 0.150. The van der Waals surface area contributed by atoms with Gasteiger partial charge in [-0.2, -0.15) is 4.98 Å². The van der Waals surface area contributed by atoms with Gasteiger partial charge in [-0.25, -0.2) is 4.79 Å². The van der Waals surface area contributed by atoms with Crippen LogP contribution in [0.4, 0.5) is 10.5 Å². The summed E-state index contributed by atoms with van der Waals surface area (Å²) < 4.78 is 6.46. The van der Waals surface area contributed by atoms with Gasteiger partial charge in [0, 0.05) is 36.1 Å². The standard InChI is InChI=1S/C19H25BrN4O2/c1-13-12-15(8-9-16(13)20)21-19(25)24(2)11-10-17-22-18(26-23-17)14-6-4-3-5-7-14/h8-9,12,14H,3-7,10-11H2,1-2H3,(H,21,25). The van der Waals surface area contributed by atoms with Gasteiger partial charge in [0.25, 0.3) is 0 Å². The maximum atomic E-state index is 12.3. The number of nitrogens with one attached hydrogen (secondary N) is 1. The Balaban J connectivity index is 1.50. The molecule has 1 aromatic carbocycles. The van der Waals surface area contributed by atoms with Crippen LogP contribution in [0.5, 0.6) is 0 Å². The number of amides is 2. The molecule has 1 saturated carbocycles. The highest BCUT2D eigenvalue weighted by Gasteiger charge is 2.21. The van der Waals surface area contributed by atoms with Crippen molar-refractivity contribution in [3.8, 4) is 0 Å². The first-order valence-corrected chi connectivity index (χ1v) is 9.93. The minimum atomic E-state index is -0.150. The Kier molecular flexibility index (Phi) is 6.29. The monoisotopic (exact) mass is 420 g/mol. The van der Waals surface area contributed by atoms with Crippen LogP contribution in [0.1, 0.15) is 55.3 Å². The molecule has 2 aromatic rings. The molecule has 0 unspecified atom stereocenters. The zero-order valence-corrected chi connectivity index (χ0v) is 16.9. The topological polar surface area (TPSA) is 71.3 Å². The molecule has 0 saturated heterocycles. The first-order valence-electron chi connectivity index (χ1n) is 9.13. The molecular formula is C19H25BrN4O2. The third-order valence-corrected chi connectivity index (χ3v) is 5.75. The lowest BCUT2D eigenvalue weighted by Crippen LogP contribution is -2.33. The molecule has 0 bridgehead atoms. The number of hydrogen-bond acceptors (Lipinski definition) is 4. The van der Waals surface area contributed by atoms with E-state index in [1.807, 2.05) is 25.1 Å². The number of urea groups is 1. The van der Waals surface area contributed by atoms with Crippen LogP contribution >= 0.6 is 15.9 Å². The number of anilines is 1. The molecule has 7 heteroatoms. The van der Waals surface area contributed by atoms with E-state index >= 15 is 0 Å². The average molecular weight is 421 g/mol. The van der Waals surface area contributed by atoms with Crippen LogP contribution in [-0.4, -0.2) is 34.7 Å². The van der Waals surface area contributed by atoms with Crippen molar-refractivity contribution in [2.45, 2.75) is 51.4 Å². The van der Waals surface area contributed by atoms with Gasteiger partial charge in [-0.3, -0.25) is 0 Å². The largest absolute Gasteiger partial charge is 0.339 e. The maximum Gasteiger partial charge on any atom is 0.321 e. The highest BCUT2D eigenvalue weighted by Crippen LogP contribution is 2.31. The maximum absolute atomic E-state index is 12.3. The lowest BCUT2D eigenvalue weighted by Gasteiger charge is -2.18. The number of nitrogens with zero attached hydrogens (tertiary/aromatic N) is 3. The van der Waals surface area contributed by atoms with Gasteiger partial charge >= 0.3 is 6.03 Å². The molecule has 1 aromatic heterocycles. The SMILES string of the molecule is Cc1cc(NC(=O)N(C)CCc2noc(C3CCCCC3)n2)ccc1Br. The summed E-state index contributed by atoms with van der Waals surface area (Å²) >= 11 is 3.46. The van der Waals surface area contributed by atoms with Gasteiger partial charge in [-0.05, 0) is 43.5 Å². The predicted octanol–water partition coefficient (Wildman–Crippen LogP) is 4.89. The van der Waals surface area contributed by atoms with E-state index in [2.05, 4.69) is 31.4 Å². The summed E-state index contributed by atoms with van der Waals surface area (Å²) in [5.74, 6) is 1.84. The number of rotatable bonds is 5. The Hall–Kier alpha value is -1.89. The molecule has 1 heterocycles. The number of aromatic nitrogens is 2. The average Bonchev–Trinajstić information content (AvgIpc) is 3.12. The Bertz CT molecular complexity index is 756. The summed E-state index contributed by atoms with van der Waals surface area (Å²) in [6.07, 6.45) is 6.63. The van der Waals surface area contributed by atoms with Crippen LogP contribution in [0, 0.1) is 6.92 Å². The van der Waals surface area contributed by atoms with Crippen molar-refractivity contribution in [3.05, 3.63) is 40.0 Å². The molecule has 6 nitrogen and oxygen atoms in total. The zero-order chi connectivity index (χ0) is 18.5. The van der Waals surface area contributed by atoms with E-state index in [0.717, 1.165) is 34.5 Å². The molecule has 1 aliphatic rings. The first kappa shape index (κ1) is 18.9. The quantitative estimate of drug-likeness (QED) is 0.746. The van der Waals surface area contributed by atoms with E-state index in [0.29, 0.717) is 24.7 Å². The summed E-state index contributed by atoms with van der Waals surface area (Å²) in [6.45, 7) is 2.52. The van der Waals surface area contributed by atoms with Crippen molar-refractivity contribution in [2.75, 3.05) is 18.9 Å². The summed E-state index contributed by atoms with van der Waals surface area (Å²) in [6, 6.07) is 5.59. The Labute approximate surface area is 162 Å². The number of hydrogen-bond donors (Lipinski definition) is 1. The van der Waals surface area contributed by atoms with Crippen molar-refractivity contribution in [1.29, 1.82) is 0 Å². The van der Waals surface area contributed by atoms with Crippen LogP contribution in [0.3, 0.4) is 0 Å². The second-order valence-corrected chi connectivity index (χ2v) is 7.80. The number of halogens is 1. The van der Waals surface area contributed by atoms with Gasteiger partial charge in [-0.1, -0.05) is 40.3 Å². The highest BCUT2D eigenvalue weighted by molar-refractivity contribution is 9.10. The second-order valence-electron chi connectivity index (χ2n) is 6.95. The number of carbonyl (C=O) groups is 1. The minimum Gasteiger partial charge on any atom is -0.339 e. The number of benzene rings is 1. The number of carbonyl (C=O) groups excluding carboxylic acids is 1. The van der Waals surface area contributed by atoms with Gasteiger partial charge < -0.3 is 14.7 Å². The smallest absolute Gasteiger partial charge is 0.321 e. The molecular weight excluding hydrogens is 396 g/mol. The molecule has 26 heavy (non-hydrogen) atoms. The molecule has 1 N–H and O–H groups in total. The van der Waals surface area contributed by atoms with Crippen molar-refractivity contribution < 1.29 is 9.32 Å². The Morgan fingerprint density at radius 1 is 1.35 bits per heavy atom. The van der Waals surface area contributed by atoms with Crippen LogP contribution in [0.15, 0.2) is 27.2 Å². The van der Waals surface area contributed by atoms with E-state index in [9.17, 15) is 4.79 Å². The lowest BCUT2D eigenvalue weighted by molar-refractivity contribution is 0.222. The second kappa shape index (κ2) is 8.66. The molecule has 0 atom stereocenters. The molecule has 0 spiro atoms. The first-order chi connectivity index (χ1) is 12.5. The molecule has 1 aliphatic carbocycles.